The van der Waals surface area contributed by atoms with Crippen molar-refractivity contribution in [3.8, 4) is 11.4 Å². The molecule has 2 fully saturated rings. The van der Waals surface area contributed by atoms with Crippen LogP contribution >= 0.6 is 0 Å². The lowest BCUT2D eigenvalue weighted by Crippen LogP contribution is -2.27. The van der Waals surface area contributed by atoms with Crippen molar-refractivity contribution >= 4 is 0 Å². The Hall–Kier alpha value is -2.98. The van der Waals surface area contributed by atoms with E-state index in [2.05, 4.69) is 27.9 Å². The van der Waals surface area contributed by atoms with Crippen molar-refractivity contribution < 1.29 is 9.84 Å². The third-order valence-electron chi connectivity index (χ3n) is 6.46. The molecule has 33 heavy (non-hydrogen) atoms. The number of ether oxygens (including phenoxy) is 1. The van der Waals surface area contributed by atoms with E-state index >= 15 is 0 Å². The number of rotatable bonds is 7. The summed E-state index contributed by atoms with van der Waals surface area (Å²) in [5.74, 6) is 1.85. The van der Waals surface area contributed by atoms with Gasteiger partial charge in [-0.15, -0.1) is 5.10 Å². The zero-order valence-corrected chi connectivity index (χ0v) is 18.8. The lowest BCUT2D eigenvalue weighted by Gasteiger charge is -2.14. The van der Waals surface area contributed by atoms with Crippen molar-refractivity contribution in [2.45, 2.75) is 31.5 Å². The van der Waals surface area contributed by atoms with E-state index in [1.165, 1.54) is 10.2 Å². The van der Waals surface area contributed by atoms with Crippen LogP contribution in [0.25, 0.3) is 5.69 Å². The molecular weight excluding hydrogens is 420 g/mol. The average molecular weight is 451 g/mol. The van der Waals surface area contributed by atoms with Gasteiger partial charge in [0.1, 0.15) is 11.6 Å². The van der Waals surface area contributed by atoms with Gasteiger partial charge in [0, 0.05) is 32.1 Å². The van der Waals surface area contributed by atoms with Crippen LogP contribution in [0.15, 0.2) is 53.3 Å². The van der Waals surface area contributed by atoms with Crippen LogP contribution in [0.5, 0.6) is 5.75 Å². The molecule has 3 aromatic rings. The summed E-state index contributed by atoms with van der Waals surface area (Å²) in [6.07, 6.45) is 0.422. The van der Waals surface area contributed by atoms with Crippen molar-refractivity contribution in [3.05, 3.63) is 76.0 Å². The van der Waals surface area contributed by atoms with Gasteiger partial charge >= 0.3 is 5.69 Å². The van der Waals surface area contributed by atoms with E-state index in [9.17, 15) is 9.90 Å². The molecule has 1 atom stereocenters. The van der Waals surface area contributed by atoms with E-state index in [0.717, 1.165) is 43.1 Å². The third-order valence-corrected chi connectivity index (χ3v) is 6.46. The smallest absolute Gasteiger partial charge is 0.351 e. The van der Waals surface area contributed by atoms with E-state index < -0.39 is 0 Å². The predicted molar refractivity (Wildman–Crippen MR) is 125 cm³/mol. The summed E-state index contributed by atoms with van der Waals surface area (Å²) >= 11 is 0. The molecule has 0 aliphatic carbocycles. The fraction of sp³-hybridized carbons (Fsp3) is 0.417. The van der Waals surface area contributed by atoms with Crippen molar-refractivity contribution in [1.82, 2.24) is 30.1 Å². The first kappa shape index (κ1) is 21.8. The molecule has 1 aromatic heterocycles. The molecule has 2 aliphatic heterocycles. The Balaban J connectivity index is 1.47. The number of benzene rings is 2. The van der Waals surface area contributed by atoms with E-state index in [0.29, 0.717) is 31.4 Å². The summed E-state index contributed by atoms with van der Waals surface area (Å²) in [5.41, 5.74) is 9.07. The minimum Gasteiger partial charge on any atom is -0.497 e. The largest absolute Gasteiger partial charge is 0.497 e. The fourth-order valence-electron chi connectivity index (χ4n) is 4.58. The second kappa shape index (κ2) is 9.48. The molecule has 9 nitrogen and oxygen atoms in total. The van der Waals surface area contributed by atoms with Gasteiger partial charge in [-0.3, -0.25) is 20.3 Å². The van der Waals surface area contributed by atoms with Gasteiger partial charge in [-0.25, -0.2) is 4.79 Å². The van der Waals surface area contributed by atoms with E-state index in [4.69, 9.17) is 9.84 Å². The van der Waals surface area contributed by atoms with E-state index in [1.807, 2.05) is 36.4 Å². The number of aromatic nitrogens is 3. The number of hydrogen-bond donors (Lipinski definition) is 3. The summed E-state index contributed by atoms with van der Waals surface area (Å²) in [7, 11) is 1.63. The SMILES string of the molecule is COc1cccc(Cn2c(CN3CCC(O)C3)nn(-c3ccc(C4CNNC4)cc3)c2=O)c1. The highest BCUT2D eigenvalue weighted by Gasteiger charge is 2.24. The van der Waals surface area contributed by atoms with Crippen LogP contribution in [0, 0.1) is 0 Å². The monoisotopic (exact) mass is 450 g/mol. The lowest BCUT2D eigenvalue weighted by atomic mass is 10.0. The van der Waals surface area contributed by atoms with E-state index in [-0.39, 0.29) is 11.8 Å². The summed E-state index contributed by atoms with van der Waals surface area (Å²) in [6.45, 7) is 4.08. The van der Waals surface area contributed by atoms with Crippen molar-refractivity contribution in [2.24, 2.45) is 0 Å². The number of hydrogen-bond acceptors (Lipinski definition) is 7. The first-order chi connectivity index (χ1) is 16.1. The van der Waals surface area contributed by atoms with Crippen LogP contribution in [0.2, 0.25) is 0 Å². The topological polar surface area (TPSA) is 96.6 Å². The Morgan fingerprint density at radius 2 is 1.91 bits per heavy atom. The molecule has 5 rings (SSSR count). The second-order valence-corrected chi connectivity index (χ2v) is 8.78. The molecule has 0 radical (unpaired) electrons. The van der Waals surface area contributed by atoms with Gasteiger partial charge in [0.05, 0.1) is 32.0 Å². The minimum atomic E-state index is -0.322. The zero-order valence-electron chi connectivity index (χ0n) is 18.8. The number of aliphatic hydroxyl groups is 1. The van der Waals surface area contributed by atoms with Crippen LogP contribution in [-0.2, 0) is 13.1 Å². The zero-order chi connectivity index (χ0) is 22.8. The number of methoxy groups -OCH3 is 1. The van der Waals surface area contributed by atoms with Crippen LogP contribution in [0.3, 0.4) is 0 Å². The highest BCUT2D eigenvalue weighted by molar-refractivity contribution is 5.36. The number of nitrogens with zero attached hydrogens (tertiary/aromatic N) is 4. The Morgan fingerprint density at radius 1 is 1.12 bits per heavy atom. The van der Waals surface area contributed by atoms with E-state index in [1.54, 1.807) is 11.7 Å². The molecule has 3 heterocycles. The van der Waals surface area contributed by atoms with Crippen molar-refractivity contribution in [3.63, 3.8) is 0 Å². The fourth-order valence-corrected chi connectivity index (χ4v) is 4.58. The van der Waals surface area contributed by atoms with Gasteiger partial charge in [-0.2, -0.15) is 4.68 Å². The van der Waals surface area contributed by atoms with Gasteiger partial charge in [0.15, 0.2) is 0 Å². The second-order valence-electron chi connectivity index (χ2n) is 8.78. The summed E-state index contributed by atoms with van der Waals surface area (Å²) in [4.78, 5) is 15.6. The third kappa shape index (κ3) is 4.72. The lowest BCUT2D eigenvalue weighted by molar-refractivity contribution is 0.173. The Kier molecular flexibility index (Phi) is 6.28. The normalized spacial score (nSPS) is 19.4. The van der Waals surface area contributed by atoms with Gasteiger partial charge in [-0.05, 0) is 41.8 Å². The molecule has 3 N–H and O–H groups in total. The maximum absolute atomic E-state index is 13.5. The molecule has 0 saturated carbocycles. The molecule has 0 amide bonds. The predicted octanol–water partition coefficient (Wildman–Crippen LogP) is 0.849. The standard InChI is InChI=1S/C24H30N6O3/c1-33-22-4-2-3-17(11-22)14-29-23(16-28-10-9-21(31)15-28)27-30(24(29)32)20-7-5-18(6-8-20)19-12-25-26-13-19/h2-8,11,19,21,25-26,31H,9-10,12-16H2,1H3. The van der Waals surface area contributed by atoms with Gasteiger partial charge < -0.3 is 9.84 Å². The number of β-amino-alcohol motifs (C(OH)–C–C–N with tert-alkyl or cyclic N) is 1. The van der Waals surface area contributed by atoms with Crippen LogP contribution in [-0.4, -0.2) is 63.7 Å². The Morgan fingerprint density at radius 3 is 2.61 bits per heavy atom. The molecule has 2 saturated heterocycles. The van der Waals surface area contributed by atoms with Crippen LogP contribution in [0.1, 0.15) is 29.3 Å². The first-order valence-corrected chi connectivity index (χ1v) is 11.4. The molecular formula is C24H30N6O3. The highest BCUT2D eigenvalue weighted by atomic mass is 16.5. The highest BCUT2D eigenvalue weighted by Crippen LogP contribution is 2.19. The molecule has 0 bridgehead atoms. The van der Waals surface area contributed by atoms with Crippen molar-refractivity contribution in [1.29, 1.82) is 0 Å². The maximum atomic E-state index is 13.5. The van der Waals surface area contributed by atoms with Crippen molar-refractivity contribution in [2.75, 3.05) is 33.3 Å². The van der Waals surface area contributed by atoms with Gasteiger partial charge in [-0.1, -0.05) is 24.3 Å². The molecule has 0 spiro atoms. The van der Waals surface area contributed by atoms with Crippen LogP contribution < -0.4 is 21.3 Å². The average Bonchev–Trinajstić information content (AvgIpc) is 3.58. The quantitative estimate of drug-likeness (QED) is 0.491. The molecule has 2 aliphatic rings. The Labute approximate surface area is 192 Å². The number of nitrogens with one attached hydrogen (secondary N) is 2. The summed E-state index contributed by atoms with van der Waals surface area (Å²) in [5, 5.41) is 14.7. The maximum Gasteiger partial charge on any atom is 0.351 e. The summed E-state index contributed by atoms with van der Waals surface area (Å²) in [6, 6.07) is 15.8. The van der Waals surface area contributed by atoms with Gasteiger partial charge in [0.25, 0.3) is 0 Å². The number of likely N-dealkylation sites (tertiary alicyclic amines) is 1. The molecule has 174 valence electrons. The number of hydrazine groups is 1. The minimum absolute atomic E-state index is 0.176. The Bertz CT molecular complexity index is 1150. The molecule has 2 aromatic carbocycles. The van der Waals surface area contributed by atoms with Gasteiger partial charge in [0.2, 0.25) is 0 Å². The summed E-state index contributed by atoms with van der Waals surface area (Å²) < 4.78 is 8.55. The molecule has 9 heteroatoms. The molecule has 1 unspecified atom stereocenters. The van der Waals surface area contributed by atoms with Crippen LogP contribution in [0.4, 0.5) is 0 Å². The first-order valence-electron chi connectivity index (χ1n) is 11.4. The number of aliphatic hydroxyl groups excluding tert-OH is 1.